The SMILES string of the molecule is C#CCOc1ccc(/C=N\n2cnnc2)cc1OCC. The third kappa shape index (κ3) is 3.59. The van der Waals surface area contributed by atoms with E-state index in [2.05, 4.69) is 21.2 Å². The lowest BCUT2D eigenvalue weighted by Crippen LogP contribution is -2.00. The van der Waals surface area contributed by atoms with E-state index in [1.165, 1.54) is 17.3 Å². The summed E-state index contributed by atoms with van der Waals surface area (Å²) >= 11 is 0. The van der Waals surface area contributed by atoms with Crippen molar-refractivity contribution >= 4 is 6.21 Å². The first-order chi connectivity index (χ1) is 9.83. The van der Waals surface area contributed by atoms with Gasteiger partial charge in [0.2, 0.25) is 0 Å². The van der Waals surface area contributed by atoms with Gasteiger partial charge >= 0.3 is 0 Å². The average molecular weight is 270 g/mol. The van der Waals surface area contributed by atoms with Crippen LogP contribution in [0, 0.1) is 12.3 Å². The molecule has 0 aliphatic rings. The molecule has 2 aromatic rings. The molecule has 0 aliphatic heterocycles. The van der Waals surface area contributed by atoms with Gasteiger partial charge in [-0.25, -0.2) is 4.68 Å². The van der Waals surface area contributed by atoms with Crippen LogP contribution in [0.5, 0.6) is 11.5 Å². The first-order valence-electron chi connectivity index (χ1n) is 6.05. The van der Waals surface area contributed by atoms with Crippen LogP contribution in [0.3, 0.4) is 0 Å². The molecule has 1 aromatic carbocycles. The Labute approximate surface area is 117 Å². The summed E-state index contributed by atoms with van der Waals surface area (Å²) in [5.41, 5.74) is 0.871. The number of hydrogen-bond acceptors (Lipinski definition) is 5. The maximum atomic E-state index is 5.52. The summed E-state index contributed by atoms with van der Waals surface area (Å²) in [4.78, 5) is 0. The van der Waals surface area contributed by atoms with Gasteiger partial charge in [-0.2, -0.15) is 5.10 Å². The smallest absolute Gasteiger partial charge is 0.162 e. The molecule has 0 unspecified atom stereocenters. The lowest BCUT2D eigenvalue weighted by Gasteiger charge is -2.10. The number of ether oxygens (including phenoxy) is 2. The van der Waals surface area contributed by atoms with Crippen LogP contribution in [0.4, 0.5) is 0 Å². The second-order valence-electron chi connectivity index (χ2n) is 3.72. The summed E-state index contributed by atoms with van der Waals surface area (Å²) in [6.07, 6.45) is 9.87. The molecular formula is C14H14N4O2. The maximum Gasteiger partial charge on any atom is 0.162 e. The van der Waals surface area contributed by atoms with E-state index in [0.29, 0.717) is 18.1 Å². The molecule has 0 aliphatic carbocycles. The zero-order valence-corrected chi connectivity index (χ0v) is 11.1. The molecule has 0 spiro atoms. The molecule has 0 amide bonds. The summed E-state index contributed by atoms with van der Waals surface area (Å²) in [5.74, 6) is 3.67. The van der Waals surface area contributed by atoms with E-state index in [1.807, 2.05) is 19.1 Å². The lowest BCUT2D eigenvalue weighted by molar-refractivity contribution is 0.299. The molecule has 1 heterocycles. The van der Waals surface area contributed by atoms with Gasteiger partial charge in [0.25, 0.3) is 0 Å². The predicted molar refractivity (Wildman–Crippen MR) is 75.0 cm³/mol. The van der Waals surface area contributed by atoms with Crippen molar-refractivity contribution in [1.29, 1.82) is 0 Å². The fraction of sp³-hybridized carbons (Fsp3) is 0.214. The van der Waals surface area contributed by atoms with E-state index in [1.54, 1.807) is 12.3 Å². The van der Waals surface area contributed by atoms with Crippen LogP contribution in [-0.4, -0.2) is 34.3 Å². The van der Waals surface area contributed by atoms with Gasteiger partial charge in [-0.1, -0.05) is 5.92 Å². The first kappa shape index (κ1) is 13.6. The molecule has 1 aromatic heterocycles. The highest BCUT2D eigenvalue weighted by Gasteiger charge is 2.05. The van der Waals surface area contributed by atoms with E-state index >= 15 is 0 Å². The van der Waals surface area contributed by atoms with Crippen LogP contribution in [-0.2, 0) is 0 Å². The lowest BCUT2D eigenvalue weighted by atomic mass is 10.2. The highest BCUT2D eigenvalue weighted by molar-refractivity contribution is 5.80. The fourth-order valence-electron chi connectivity index (χ4n) is 1.50. The number of rotatable bonds is 6. The van der Waals surface area contributed by atoms with E-state index in [9.17, 15) is 0 Å². The van der Waals surface area contributed by atoms with Crippen molar-refractivity contribution in [3.63, 3.8) is 0 Å². The van der Waals surface area contributed by atoms with Gasteiger partial charge in [0.05, 0.1) is 12.8 Å². The van der Waals surface area contributed by atoms with Crippen LogP contribution in [0.1, 0.15) is 12.5 Å². The highest BCUT2D eigenvalue weighted by atomic mass is 16.5. The number of aromatic nitrogens is 3. The second kappa shape index (κ2) is 6.95. The molecule has 20 heavy (non-hydrogen) atoms. The quantitative estimate of drug-likeness (QED) is 0.590. The second-order valence-corrected chi connectivity index (χ2v) is 3.72. The van der Waals surface area contributed by atoms with Gasteiger partial charge < -0.3 is 9.47 Å². The Morgan fingerprint density at radius 3 is 2.80 bits per heavy atom. The maximum absolute atomic E-state index is 5.52. The fourth-order valence-corrected chi connectivity index (χ4v) is 1.50. The molecule has 2 rings (SSSR count). The van der Waals surface area contributed by atoms with Gasteiger partial charge in [-0.15, -0.1) is 16.6 Å². The van der Waals surface area contributed by atoms with E-state index in [4.69, 9.17) is 15.9 Å². The monoisotopic (exact) mass is 270 g/mol. The number of nitrogens with zero attached hydrogens (tertiary/aromatic N) is 4. The number of terminal acetylenes is 1. The standard InChI is InChI=1S/C14H14N4O2/c1-3-7-20-13-6-5-12(8-14(13)19-4-2)9-17-18-10-15-16-11-18/h1,5-6,8-11H,4,7H2,2H3/b17-9-. The van der Waals surface area contributed by atoms with Crippen molar-refractivity contribution in [3.8, 4) is 23.8 Å². The zero-order valence-electron chi connectivity index (χ0n) is 11.1. The molecule has 0 saturated carbocycles. The summed E-state index contributed by atoms with van der Waals surface area (Å²) in [6.45, 7) is 2.65. The largest absolute Gasteiger partial charge is 0.490 e. The summed E-state index contributed by atoms with van der Waals surface area (Å²) in [7, 11) is 0. The van der Waals surface area contributed by atoms with Crippen molar-refractivity contribution in [2.24, 2.45) is 5.10 Å². The van der Waals surface area contributed by atoms with Crippen molar-refractivity contribution < 1.29 is 9.47 Å². The molecule has 6 nitrogen and oxygen atoms in total. The third-order valence-electron chi connectivity index (χ3n) is 2.33. The van der Waals surface area contributed by atoms with Crippen LogP contribution in [0.25, 0.3) is 0 Å². The van der Waals surface area contributed by atoms with Crippen molar-refractivity contribution in [1.82, 2.24) is 14.9 Å². The van der Waals surface area contributed by atoms with Gasteiger partial charge in [-0.3, -0.25) is 0 Å². The topological polar surface area (TPSA) is 61.5 Å². The van der Waals surface area contributed by atoms with E-state index in [0.717, 1.165) is 5.56 Å². The Morgan fingerprint density at radius 2 is 2.10 bits per heavy atom. The Morgan fingerprint density at radius 1 is 1.30 bits per heavy atom. The molecule has 0 bridgehead atoms. The molecule has 0 N–H and O–H groups in total. The molecule has 0 atom stereocenters. The van der Waals surface area contributed by atoms with Gasteiger partial charge in [0, 0.05) is 0 Å². The zero-order chi connectivity index (χ0) is 14.2. The van der Waals surface area contributed by atoms with Crippen molar-refractivity contribution in [2.75, 3.05) is 13.2 Å². The first-order valence-corrected chi connectivity index (χ1v) is 6.05. The molecular weight excluding hydrogens is 256 g/mol. The van der Waals surface area contributed by atoms with Crippen molar-refractivity contribution in [2.45, 2.75) is 6.92 Å². The molecule has 0 saturated heterocycles. The van der Waals surface area contributed by atoms with Crippen LogP contribution < -0.4 is 9.47 Å². The molecule has 0 fully saturated rings. The van der Waals surface area contributed by atoms with Gasteiger partial charge in [0.1, 0.15) is 19.3 Å². The summed E-state index contributed by atoms with van der Waals surface area (Å²) in [5, 5.41) is 11.5. The molecule has 102 valence electrons. The Balaban J connectivity index is 2.18. The number of hydrogen-bond donors (Lipinski definition) is 0. The van der Waals surface area contributed by atoms with Crippen LogP contribution in [0.2, 0.25) is 0 Å². The predicted octanol–water partition coefficient (Wildman–Crippen LogP) is 1.57. The number of benzene rings is 1. The van der Waals surface area contributed by atoms with Gasteiger partial charge in [0.15, 0.2) is 11.5 Å². The van der Waals surface area contributed by atoms with Crippen LogP contribution in [0.15, 0.2) is 36.0 Å². The third-order valence-corrected chi connectivity index (χ3v) is 2.33. The summed E-state index contributed by atoms with van der Waals surface area (Å²) < 4.78 is 12.4. The molecule has 6 heteroatoms. The van der Waals surface area contributed by atoms with Crippen molar-refractivity contribution in [3.05, 3.63) is 36.4 Å². The minimum Gasteiger partial charge on any atom is -0.490 e. The van der Waals surface area contributed by atoms with E-state index < -0.39 is 0 Å². The average Bonchev–Trinajstić information content (AvgIpc) is 2.98. The normalized spacial score (nSPS) is 10.4. The Bertz CT molecular complexity index is 615. The Kier molecular flexibility index (Phi) is 4.73. The summed E-state index contributed by atoms with van der Waals surface area (Å²) in [6, 6.07) is 5.50. The minimum absolute atomic E-state index is 0.203. The van der Waals surface area contributed by atoms with Crippen LogP contribution >= 0.6 is 0 Å². The van der Waals surface area contributed by atoms with Gasteiger partial charge in [-0.05, 0) is 30.7 Å². The minimum atomic E-state index is 0.203. The highest BCUT2D eigenvalue weighted by Crippen LogP contribution is 2.27. The van der Waals surface area contributed by atoms with E-state index in [-0.39, 0.29) is 6.61 Å². The Hall–Kier alpha value is -2.81. The molecule has 0 radical (unpaired) electrons.